The Morgan fingerprint density at radius 1 is 1.18 bits per heavy atom. The van der Waals surface area contributed by atoms with Crippen LogP contribution in [0.4, 0.5) is 10.1 Å². The quantitative estimate of drug-likeness (QED) is 0.787. The number of piperidine rings is 1. The van der Waals surface area contributed by atoms with Crippen LogP contribution in [-0.4, -0.2) is 28.3 Å². The highest BCUT2D eigenvalue weighted by Crippen LogP contribution is 2.32. The summed E-state index contributed by atoms with van der Waals surface area (Å²) in [5.41, 5.74) is 2.69. The maximum absolute atomic E-state index is 13.9. The van der Waals surface area contributed by atoms with E-state index in [9.17, 15) is 4.39 Å². The second kappa shape index (κ2) is 5.40. The minimum absolute atomic E-state index is 0.263. The van der Waals surface area contributed by atoms with Crippen LogP contribution >= 0.6 is 0 Å². The highest BCUT2D eigenvalue weighted by molar-refractivity contribution is 5.91. The summed E-state index contributed by atoms with van der Waals surface area (Å²) in [7, 11) is 0. The Bertz CT molecular complexity index is 784. The maximum atomic E-state index is 13.9. The third-order valence-corrected chi connectivity index (χ3v) is 4.42. The number of para-hydroxylation sites is 1. The van der Waals surface area contributed by atoms with Crippen LogP contribution in [0.2, 0.25) is 0 Å². The monoisotopic (exact) mass is 296 g/mol. The molecule has 1 fully saturated rings. The molecule has 5 heteroatoms. The predicted molar refractivity (Wildman–Crippen MR) is 84.5 cm³/mol. The van der Waals surface area contributed by atoms with Gasteiger partial charge in [-0.2, -0.15) is 5.10 Å². The first-order valence-electron chi connectivity index (χ1n) is 7.60. The molecule has 4 nitrogen and oxygen atoms in total. The van der Waals surface area contributed by atoms with E-state index in [1.807, 2.05) is 18.2 Å². The van der Waals surface area contributed by atoms with E-state index in [0.717, 1.165) is 37.0 Å². The van der Waals surface area contributed by atoms with E-state index in [1.165, 1.54) is 11.8 Å². The van der Waals surface area contributed by atoms with E-state index in [4.69, 9.17) is 0 Å². The Morgan fingerprint density at radius 3 is 3.00 bits per heavy atom. The minimum atomic E-state index is -0.263. The summed E-state index contributed by atoms with van der Waals surface area (Å²) >= 11 is 0. The summed E-state index contributed by atoms with van der Waals surface area (Å²) in [6.07, 6.45) is 5.75. The third-order valence-electron chi connectivity index (χ3n) is 4.42. The van der Waals surface area contributed by atoms with Gasteiger partial charge in [0.2, 0.25) is 0 Å². The molecule has 0 amide bonds. The fourth-order valence-corrected chi connectivity index (χ4v) is 3.34. The summed E-state index contributed by atoms with van der Waals surface area (Å²) in [5, 5.41) is 8.01. The molecule has 3 aromatic rings. The van der Waals surface area contributed by atoms with Crippen molar-refractivity contribution in [2.75, 3.05) is 18.0 Å². The Balaban J connectivity index is 1.71. The zero-order chi connectivity index (χ0) is 14.9. The first-order chi connectivity index (χ1) is 10.8. The fraction of sp³-hybridized carbons (Fsp3) is 0.294. The van der Waals surface area contributed by atoms with Gasteiger partial charge in [0, 0.05) is 48.2 Å². The number of aromatic amines is 1. The highest BCUT2D eigenvalue weighted by Gasteiger charge is 2.23. The van der Waals surface area contributed by atoms with Crippen LogP contribution in [0.25, 0.3) is 10.9 Å². The molecule has 112 valence electrons. The fourth-order valence-electron chi connectivity index (χ4n) is 3.34. The lowest BCUT2D eigenvalue weighted by molar-refractivity contribution is 0.501. The summed E-state index contributed by atoms with van der Waals surface area (Å²) in [5.74, 6) is 0.175. The maximum Gasteiger partial charge on any atom is 0.149 e. The zero-order valence-corrected chi connectivity index (χ0v) is 12.2. The number of halogens is 1. The normalized spacial score (nSPS) is 18.8. The summed E-state index contributed by atoms with van der Waals surface area (Å²) in [4.78, 5) is 6.52. The number of hydrogen-bond acceptors (Lipinski definition) is 3. The van der Waals surface area contributed by atoms with Crippen LogP contribution in [-0.2, 0) is 0 Å². The van der Waals surface area contributed by atoms with Crippen molar-refractivity contribution in [3.05, 3.63) is 54.2 Å². The van der Waals surface area contributed by atoms with Crippen LogP contribution in [0.5, 0.6) is 0 Å². The Kier molecular flexibility index (Phi) is 3.25. The first-order valence-corrected chi connectivity index (χ1v) is 7.60. The summed E-state index contributed by atoms with van der Waals surface area (Å²) in [6.45, 7) is 1.90. The molecule has 0 saturated carbocycles. The van der Waals surface area contributed by atoms with E-state index in [1.54, 1.807) is 18.5 Å². The number of pyridine rings is 1. The standard InChI is InChI=1S/C17H17FN4/c18-14-5-1-4-13-16(7-8-19-17(13)14)22-10-2-3-12(11-22)15-6-9-20-21-15/h1,4-9,12H,2-3,10-11H2,(H,20,21)/t12-/m0/s1. The van der Waals surface area contributed by atoms with Gasteiger partial charge in [-0.1, -0.05) is 12.1 Å². The van der Waals surface area contributed by atoms with Crippen molar-refractivity contribution in [3.63, 3.8) is 0 Å². The molecule has 0 radical (unpaired) electrons. The van der Waals surface area contributed by atoms with Gasteiger partial charge >= 0.3 is 0 Å². The highest BCUT2D eigenvalue weighted by atomic mass is 19.1. The molecule has 3 heterocycles. The second-order valence-corrected chi connectivity index (χ2v) is 5.76. The van der Waals surface area contributed by atoms with Crippen molar-refractivity contribution in [1.29, 1.82) is 0 Å². The van der Waals surface area contributed by atoms with Gasteiger partial charge in [-0.25, -0.2) is 4.39 Å². The van der Waals surface area contributed by atoms with Crippen molar-refractivity contribution in [3.8, 4) is 0 Å². The Labute approximate surface area is 128 Å². The van der Waals surface area contributed by atoms with Gasteiger partial charge in [0.1, 0.15) is 11.3 Å². The zero-order valence-electron chi connectivity index (χ0n) is 12.2. The largest absolute Gasteiger partial charge is 0.370 e. The Hall–Kier alpha value is -2.43. The van der Waals surface area contributed by atoms with Crippen LogP contribution in [0.3, 0.4) is 0 Å². The van der Waals surface area contributed by atoms with Crippen LogP contribution in [0, 0.1) is 5.82 Å². The molecular weight excluding hydrogens is 279 g/mol. The number of nitrogens with zero attached hydrogens (tertiary/aromatic N) is 3. The smallest absolute Gasteiger partial charge is 0.149 e. The lowest BCUT2D eigenvalue weighted by Crippen LogP contribution is -2.34. The molecule has 1 N–H and O–H groups in total. The third kappa shape index (κ3) is 2.22. The van der Waals surface area contributed by atoms with Gasteiger partial charge in [0.05, 0.1) is 0 Å². The minimum Gasteiger partial charge on any atom is -0.370 e. The Morgan fingerprint density at radius 2 is 2.14 bits per heavy atom. The van der Waals surface area contributed by atoms with Crippen LogP contribution < -0.4 is 4.90 Å². The van der Waals surface area contributed by atoms with E-state index >= 15 is 0 Å². The van der Waals surface area contributed by atoms with Crippen LogP contribution in [0.15, 0.2) is 42.7 Å². The van der Waals surface area contributed by atoms with E-state index in [-0.39, 0.29) is 5.82 Å². The molecule has 1 saturated heterocycles. The van der Waals surface area contributed by atoms with Gasteiger partial charge < -0.3 is 4.90 Å². The SMILES string of the molecule is Fc1cccc2c(N3CCC[C@H](c4ccn[nH]4)C3)ccnc12. The summed E-state index contributed by atoms with van der Waals surface area (Å²) in [6, 6.07) is 9.18. The molecule has 4 rings (SSSR count). The molecule has 0 spiro atoms. The molecule has 1 atom stereocenters. The average molecular weight is 296 g/mol. The topological polar surface area (TPSA) is 44.8 Å². The van der Waals surface area contributed by atoms with Gasteiger partial charge in [-0.15, -0.1) is 0 Å². The van der Waals surface area contributed by atoms with Gasteiger partial charge in [-0.05, 0) is 31.0 Å². The van der Waals surface area contributed by atoms with Crippen molar-refractivity contribution in [2.24, 2.45) is 0 Å². The molecule has 1 aliphatic rings. The van der Waals surface area contributed by atoms with Gasteiger partial charge in [-0.3, -0.25) is 10.1 Å². The number of anilines is 1. The number of rotatable bonds is 2. The molecule has 0 bridgehead atoms. The number of fused-ring (bicyclic) bond motifs is 1. The molecule has 1 aliphatic heterocycles. The molecule has 0 aliphatic carbocycles. The number of hydrogen-bond donors (Lipinski definition) is 1. The van der Waals surface area contributed by atoms with E-state index in [0.29, 0.717) is 11.4 Å². The molecule has 0 unspecified atom stereocenters. The number of benzene rings is 1. The first kappa shape index (κ1) is 13.2. The lowest BCUT2D eigenvalue weighted by atomic mass is 9.94. The number of aromatic nitrogens is 3. The second-order valence-electron chi connectivity index (χ2n) is 5.76. The van der Waals surface area contributed by atoms with Crippen molar-refractivity contribution in [2.45, 2.75) is 18.8 Å². The van der Waals surface area contributed by atoms with E-state index in [2.05, 4.69) is 20.1 Å². The van der Waals surface area contributed by atoms with Gasteiger partial charge in [0.15, 0.2) is 0 Å². The predicted octanol–water partition coefficient (Wildman–Crippen LogP) is 3.48. The van der Waals surface area contributed by atoms with Crippen LogP contribution in [0.1, 0.15) is 24.5 Å². The van der Waals surface area contributed by atoms with Crippen molar-refractivity contribution in [1.82, 2.24) is 15.2 Å². The molecule has 1 aromatic carbocycles. The molecular formula is C17H17FN4. The molecule has 22 heavy (non-hydrogen) atoms. The summed E-state index contributed by atoms with van der Waals surface area (Å²) < 4.78 is 13.9. The van der Waals surface area contributed by atoms with Crippen molar-refractivity contribution < 1.29 is 4.39 Å². The van der Waals surface area contributed by atoms with Gasteiger partial charge in [0.25, 0.3) is 0 Å². The van der Waals surface area contributed by atoms with E-state index < -0.39 is 0 Å². The van der Waals surface area contributed by atoms with Crippen molar-refractivity contribution >= 4 is 16.6 Å². The molecule has 2 aromatic heterocycles. The number of H-pyrrole nitrogens is 1. The lowest BCUT2D eigenvalue weighted by Gasteiger charge is -2.34. The number of nitrogens with one attached hydrogen (secondary N) is 1. The average Bonchev–Trinajstić information content (AvgIpc) is 3.09.